The first kappa shape index (κ1) is 12.3. The van der Waals surface area contributed by atoms with Crippen molar-refractivity contribution in [3.05, 3.63) is 53.5 Å². The van der Waals surface area contributed by atoms with Crippen LogP contribution in [-0.2, 0) is 19.6 Å². The molecule has 100 valence electrons. The van der Waals surface area contributed by atoms with Crippen LogP contribution in [0.5, 0.6) is 0 Å². The van der Waals surface area contributed by atoms with Crippen LogP contribution in [-0.4, -0.2) is 11.1 Å². The fraction of sp³-hybridized carbons (Fsp3) is 0.375. The van der Waals surface area contributed by atoms with Crippen LogP contribution < -0.4 is 4.90 Å². The Morgan fingerprint density at radius 1 is 1.21 bits per heavy atom. The second kappa shape index (κ2) is 5.10. The van der Waals surface area contributed by atoms with Crippen molar-refractivity contribution in [3.8, 4) is 0 Å². The highest BCUT2D eigenvalue weighted by molar-refractivity contribution is 5.56. The van der Waals surface area contributed by atoms with Crippen molar-refractivity contribution in [3.63, 3.8) is 0 Å². The zero-order valence-electron chi connectivity index (χ0n) is 11.2. The lowest BCUT2D eigenvalue weighted by Gasteiger charge is -2.36. The summed E-state index contributed by atoms with van der Waals surface area (Å²) in [6, 6.07) is 12.9. The second-order valence-electron chi connectivity index (χ2n) is 5.17. The van der Waals surface area contributed by atoms with E-state index in [1.165, 1.54) is 17.7 Å². The minimum Gasteiger partial charge on any atom is -0.462 e. The number of aryl methyl sites for hydroxylation is 1. The topological polar surface area (TPSA) is 36.6 Å². The Morgan fingerprint density at radius 2 is 2.00 bits per heavy atom. The van der Waals surface area contributed by atoms with Gasteiger partial charge in [0.1, 0.15) is 18.1 Å². The largest absolute Gasteiger partial charge is 0.462 e. The molecule has 0 fully saturated rings. The molecular formula is C16H19NO2. The normalized spacial score (nSPS) is 18.4. The number of aliphatic hydroxyl groups is 1. The molecule has 1 unspecified atom stereocenters. The number of para-hydroxylation sites is 1. The van der Waals surface area contributed by atoms with Gasteiger partial charge in [-0.1, -0.05) is 18.2 Å². The van der Waals surface area contributed by atoms with E-state index in [2.05, 4.69) is 36.1 Å². The number of aliphatic hydroxyl groups excluding tert-OH is 1. The van der Waals surface area contributed by atoms with Gasteiger partial charge in [-0.25, -0.2) is 0 Å². The Bertz CT molecular complexity index is 561. The Morgan fingerprint density at radius 3 is 2.79 bits per heavy atom. The summed E-state index contributed by atoms with van der Waals surface area (Å²) in [5, 5.41) is 9.06. The quantitative estimate of drug-likeness (QED) is 0.918. The number of benzene rings is 1. The minimum absolute atomic E-state index is 0.0356. The summed E-state index contributed by atoms with van der Waals surface area (Å²) in [6.07, 6.45) is 2.32. The zero-order chi connectivity index (χ0) is 13.2. The predicted octanol–water partition coefficient (Wildman–Crippen LogP) is 3.11. The van der Waals surface area contributed by atoms with Gasteiger partial charge >= 0.3 is 0 Å². The SMILES string of the molecule is CC1CCc2ccccc2N1Cc1ccc(CO)o1. The molecule has 0 spiro atoms. The van der Waals surface area contributed by atoms with E-state index in [9.17, 15) is 0 Å². The molecule has 0 bridgehead atoms. The van der Waals surface area contributed by atoms with Crippen molar-refractivity contribution in [2.75, 3.05) is 4.90 Å². The first-order valence-corrected chi connectivity index (χ1v) is 6.81. The Hall–Kier alpha value is -1.74. The zero-order valence-corrected chi connectivity index (χ0v) is 11.2. The second-order valence-corrected chi connectivity index (χ2v) is 5.17. The predicted molar refractivity (Wildman–Crippen MR) is 75.0 cm³/mol. The van der Waals surface area contributed by atoms with Crippen molar-refractivity contribution in [1.82, 2.24) is 0 Å². The third kappa shape index (κ3) is 2.38. The average Bonchev–Trinajstić information content (AvgIpc) is 2.90. The van der Waals surface area contributed by atoms with Crippen molar-refractivity contribution >= 4 is 5.69 Å². The first-order valence-electron chi connectivity index (χ1n) is 6.81. The van der Waals surface area contributed by atoms with E-state index in [1.807, 2.05) is 12.1 Å². The molecule has 0 aliphatic carbocycles. The van der Waals surface area contributed by atoms with E-state index in [1.54, 1.807) is 0 Å². The molecule has 19 heavy (non-hydrogen) atoms. The van der Waals surface area contributed by atoms with E-state index in [0.29, 0.717) is 11.8 Å². The Kier molecular flexibility index (Phi) is 3.30. The highest BCUT2D eigenvalue weighted by Gasteiger charge is 2.23. The highest BCUT2D eigenvalue weighted by Crippen LogP contribution is 2.31. The van der Waals surface area contributed by atoms with Gasteiger partial charge in [-0.05, 0) is 43.5 Å². The van der Waals surface area contributed by atoms with Crippen molar-refractivity contribution in [1.29, 1.82) is 0 Å². The van der Waals surface area contributed by atoms with Crippen LogP contribution >= 0.6 is 0 Å². The van der Waals surface area contributed by atoms with Crippen molar-refractivity contribution in [2.24, 2.45) is 0 Å². The van der Waals surface area contributed by atoms with Gasteiger partial charge in [-0.15, -0.1) is 0 Å². The molecule has 1 atom stereocenters. The highest BCUT2D eigenvalue weighted by atomic mass is 16.4. The summed E-state index contributed by atoms with van der Waals surface area (Å²) in [5.74, 6) is 1.54. The molecule has 1 N–H and O–H groups in total. The number of furan rings is 1. The lowest BCUT2D eigenvalue weighted by molar-refractivity contribution is 0.243. The molecule has 0 saturated carbocycles. The van der Waals surface area contributed by atoms with Gasteiger partial charge in [0.05, 0.1) is 6.54 Å². The van der Waals surface area contributed by atoms with Crippen molar-refractivity contribution in [2.45, 2.75) is 39.0 Å². The minimum atomic E-state index is -0.0356. The standard InChI is InChI=1S/C16H19NO2/c1-12-6-7-13-4-2-3-5-16(13)17(12)10-14-8-9-15(11-18)19-14/h2-5,8-9,12,18H,6-7,10-11H2,1H3. The van der Waals surface area contributed by atoms with Crippen LogP contribution in [0.4, 0.5) is 5.69 Å². The molecular weight excluding hydrogens is 238 g/mol. The maximum Gasteiger partial charge on any atom is 0.129 e. The number of rotatable bonds is 3. The summed E-state index contributed by atoms with van der Waals surface area (Å²) in [4.78, 5) is 2.39. The summed E-state index contributed by atoms with van der Waals surface area (Å²) in [7, 11) is 0. The Labute approximate surface area is 113 Å². The fourth-order valence-corrected chi connectivity index (χ4v) is 2.76. The van der Waals surface area contributed by atoms with Gasteiger partial charge in [0, 0.05) is 11.7 Å². The van der Waals surface area contributed by atoms with Crippen LogP contribution in [0.1, 0.15) is 30.4 Å². The molecule has 1 aromatic heterocycles. The van der Waals surface area contributed by atoms with Gasteiger partial charge < -0.3 is 14.4 Å². The molecule has 1 aromatic carbocycles. The lowest BCUT2D eigenvalue weighted by atomic mass is 9.96. The first-order chi connectivity index (χ1) is 9.28. The number of anilines is 1. The average molecular weight is 257 g/mol. The van der Waals surface area contributed by atoms with E-state index in [4.69, 9.17) is 9.52 Å². The summed E-state index contributed by atoms with van der Waals surface area (Å²) >= 11 is 0. The van der Waals surface area contributed by atoms with Gasteiger partial charge in [0.15, 0.2) is 0 Å². The Balaban J connectivity index is 1.87. The van der Waals surface area contributed by atoms with Crippen LogP contribution in [0.2, 0.25) is 0 Å². The molecule has 3 rings (SSSR count). The smallest absolute Gasteiger partial charge is 0.129 e. The third-order valence-corrected chi connectivity index (χ3v) is 3.86. The molecule has 1 aliphatic rings. The number of hydrogen-bond acceptors (Lipinski definition) is 3. The molecule has 0 saturated heterocycles. The maximum absolute atomic E-state index is 9.06. The summed E-state index contributed by atoms with van der Waals surface area (Å²) in [5.41, 5.74) is 2.72. The van der Waals surface area contributed by atoms with Crippen LogP contribution in [0.25, 0.3) is 0 Å². The monoisotopic (exact) mass is 257 g/mol. The lowest BCUT2D eigenvalue weighted by Crippen LogP contribution is -2.36. The van der Waals surface area contributed by atoms with E-state index in [0.717, 1.165) is 18.7 Å². The van der Waals surface area contributed by atoms with Gasteiger partial charge in [-0.3, -0.25) is 0 Å². The molecule has 0 amide bonds. The molecule has 2 aromatic rings. The van der Waals surface area contributed by atoms with Crippen LogP contribution in [0.3, 0.4) is 0 Å². The summed E-state index contributed by atoms with van der Waals surface area (Å²) in [6.45, 7) is 2.98. The molecule has 1 aliphatic heterocycles. The van der Waals surface area contributed by atoms with E-state index in [-0.39, 0.29) is 6.61 Å². The molecule has 0 radical (unpaired) electrons. The third-order valence-electron chi connectivity index (χ3n) is 3.86. The van der Waals surface area contributed by atoms with Gasteiger partial charge in [0.2, 0.25) is 0 Å². The van der Waals surface area contributed by atoms with Crippen molar-refractivity contribution < 1.29 is 9.52 Å². The molecule has 2 heterocycles. The molecule has 3 heteroatoms. The molecule has 3 nitrogen and oxygen atoms in total. The van der Waals surface area contributed by atoms with Gasteiger partial charge in [-0.2, -0.15) is 0 Å². The van der Waals surface area contributed by atoms with Crippen LogP contribution in [0, 0.1) is 0 Å². The van der Waals surface area contributed by atoms with E-state index >= 15 is 0 Å². The van der Waals surface area contributed by atoms with E-state index < -0.39 is 0 Å². The fourth-order valence-electron chi connectivity index (χ4n) is 2.76. The number of hydrogen-bond donors (Lipinski definition) is 1. The maximum atomic E-state index is 9.06. The van der Waals surface area contributed by atoms with Crippen LogP contribution in [0.15, 0.2) is 40.8 Å². The number of nitrogens with zero attached hydrogens (tertiary/aromatic N) is 1. The number of fused-ring (bicyclic) bond motifs is 1. The van der Waals surface area contributed by atoms with Gasteiger partial charge in [0.25, 0.3) is 0 Å². The summed E-state index contributed by atoms with van der Waals surface area (Å²) < 4.78 is 5.61.